The number of rotatable bonds is 1. The maximum atomic E-state index is 10.7. The Labute approximate surface area is 76.3 Å². The molecule has 0 aromatic heterocycles. The maximum Gasteiger partial charge on any atom is 0.172 e. The van der Waals surface area contributed by atoms with Gasteiger partial charge in [-0.25, -0.2) is 0 Å². The van der Waals surface area contributed by atoms with Crippen LogP contribution in [0.3, 0.4) is 0 Å². The van der Waals surface area contributed by atoms with E-state index in [-0.39, 0.29) is 0 Å². The lowest BCUT2D eigenvalue weighted by Crippen LogP contribution is -2.17. The van der Waals surface area contributed by atoms with Gasteiger partial charge in [0, 0.05) is 0 Å². The van der Waals surface area contributed by atoms with Crippen molar-refractivity contribution in [3.8, 4) is 11.5 Å². The molecule has 0 unspecified atom stereocenters. The molecule has 1 aliphatic rings. The fourth-order valence-corrected chi connectivity index (χ4v) is 1.38. The molecule has 1 aromatic rings. The van der Waals surface area contributed by atoms with Gasteiger partial charge in [-0.2, -0.15) is 0 Å². The Morgan fingerprint density at radius 3 is 2.62 bits per heavy atom. The molecule has 0 bridgehead atoms. The highest BCUT2D eigenvalue weighted by Crippen LogP contribution is 2.35. The quantitative estimate of drug-likeness (QED) is 0.612. The third-order valence-electron chi connectivity index (χ3n) is 2.04. The van der Waals surface area contributed by atoms with Crippen molar-refractivity contribution >= 4 is 6.29 Å². The van der Waals surface area contributed by atoms with Crippen LogP contribution in [0.1, 0.15) is 15.9 Å². The first kappa shape index (κ1) is 8.10. The second-order valence-corrected chi connectivity index (χ2v) is 2.94. The first-order valence-electron chi connectivity index (χ1n) is 4.17. The minimum atomic E-state index is 0.511. The Hall–Kier alpha value is -1.51. The summed E-state index contributed by atoms with van der Waals surface area (Å²) in [6.45, 7) is 3.00. The fourth-order valence-electron chi connectivity index (χ4n) is 1.38. The topological polar surface area (TPSA) is 35.5 Å². The number of ether oxygens (including phenoxy) is 2. The van der Waals surface area contributed by atoms with Gasteiger partial charge in [0.2, 0.25) is 0 Å². The number of aldehydes is 1. The van der Waals surface area contributed by atoms with Gasteiger partial charge in [0.15, 0.2) is 17.8 Å². The minimum absolute atomic E-state index is 0.511. The summed E-state index contributed by atoms with van der Waals surface area (Å²) in [5, 5.41) is 0. The number of hydrogen-bond acceptors (Lipinski definition) is 3. The summed E-state index contributed by atoms with van der Waals surface area (Å²) < 4.78 is 10.8. The third-order valence-corrected chi connectivity index (χ3v) is 2.04. The molecule has 0 N–H and O–H groups in total. The molecule has 2 rings (SSSR count). The number of carbonyl (C=O) groups excluding carboxylic acids is 1. The van der Waals surface area contributed by atoms with E-state index in [1.54, 1.807) is 6.07 Å². The standard InChI is InChI=1S/C10H10O3/c1-7-2-3-8(6-11)10-9(7)12-4-5-13-10/h2-3,6H,4-5H2,1H3. The summed E-state index contributed by atoms with van der Waals surface area (Å²) in [5.74, 6) is 1.29. The number of aryl methyl sites for hydroxylation is 1. The van der Waals surface area contributed by atoms with Gasteiger partial charge in [-0.05, 0) is 18.6 Å². The van der Waals surface area contributed by atoms with Crippen LogP contribution in [0.5, 0.6) is 11.5 Å². The second-order valence-electron chi connectivity index (χ2n) is 2.94. The summed E-state index contributed by atoms with van der Waals surface area (Å²) >= 11 is 0. The van der Waals surface area contributed by atoms with Crippen molar-refractivity contribution in [1.82, 2.24) is 0 Å². The second kappa shape index (κ2) is 3.09. The molecule has 0 spiro atoms. The Kier molecular flexibility index (Phi) is 1.93. The van der Waals surface area contributed by atoms with E-state index in [9.17, 15) is 4.79 Å². The Morgan fingerprint density at radius 2 is 1.92 bits per heavy atom. The monoisotopic (exact) mass is 178 g/mol. The Morgan fingerprint density at radius 1 is 1.23 bits per heavy atom. The van der Waals surface area contributed by atoms with Crippen LogP contribution >= 0.6 is 0 Å². The van der Waals surface area contributed by atoms with Crippen molar-refractivity contribution in [2.75, 3.05) is 13.2 Å². The fraction of sp³-hybridized carbons (Fsp3) is 0.300. The average Bonchev–Trinajstić information content (AvgIpc) is 2.19. The molecule has 13 heavy (non-hydrogen) atoms. The van der Waals surface area contributed by atoms with E-state index in [0.717, 1.165) is 11.8 Å². The van der Waals surface area contributed by atoms with Crippen molar-refractivity contribution in [2.45, 2.75) is 6.92 Å². The SMILES string of the molecule is Cc1ccc(C=O)c2c1OCCO2. The predicted octanol–water partition coefficient (Wildman–Crippen LogP) is 1.58. The summed E-state index contributed by atoms with van der Waals surface area (Å²) in [6.07, 6.45) is 0.785. The van der Waals surface area contributed by atoms with E-state index >= 15 is 0 Å². The molecule has 3 nitrogen and oxygen atoms in total. The Bertz CT molecular complexity index is 344. The van der Waals surface area contributed by atoms with E-state index in [2.05, 4.69) is 0 Å². The number of fused-ring (bicyclic) bond motifs is 1. The predicted molar refractivity (Wildman–Crippen MR) is 47.6 cm³/mol. The van der Waals surface area contributed by atoms with E-state index < -0.39 is 0 Å². The lowest BCUT2D eigenvalue weighted by molar-refractivity contribution is 0.111. The zero-order valence-electron chi connectivity index (χ0n) is 7.37. The van der Waals surface area contributed by atoms with Crippen LogP contribution in [0.15, 0.2) is 12.1 Å². The van der Waals surface area contributed by atoms with Crippen LogP contribution in [-0.2, 0) is 0 Å². The number of carbonyl (C=O) groups is 1. The van der Waals surface area contributed by atoms with Crippen molar-refractivity contribution in [3.05, 3.63) is 23.3 Å². The zero-order chi connectivity index (χ0) is 9.26. The molecule has 68 valence electrons. The van der Waals surface area contributed by atoms with Crippen molar-refractivity contribution in [3.63, 3.8) is 0 Å². The first-order chi connectivity index (χ1) is 6.33. The lowest BCUT2D eigenvalue weighted by Gasteiger charge is -2.21. The molecule has 1 aromatic carbocycles. The summed E-state index contributed by atoms with van der Waals surface area (Å²) in [5.41, 5.74) is 1.56. The van der Waals surface area contributed by atoms with E-state index in [0.29, 0.717) is 30.3 Å². The van der Waals surface area contributed by atoms with Crippen molar-refractivity contribution in [2.24, 2.45) is 0 Å². The largest absolute Gasteiger partial charge is 0.486 e. The molecule has 1 heterocycles. The van der Waals surface area contributed by atoms with E-state index in [1.807, 2.05) is 13.0 Å². The van der Waals surface area contributed by atoms with Gasteiger partial charge in [-0.3, -0.25) is 4.79 Å². The molecule has 0 saturated heterocycles. The minimum Gasteiger partial charge on any atom is -0.486 e. The zero-order valence-corrected chi connectivity index (χ0v) is 7.37. The molecule has 0 saturated carbocycles. The highest BCUT2D eigenvalue weighted by molar-refractivity contribution is 5.81. The van der Waals surface area contributed by atoms with Crippen LogP contribution in [0.4, 0.5) is 0 Å². The molecule has 0 amide bonds. The molecule has 0 fully saturated rings. The van der Waals surface area contributed by atoms with Crippen LogP contribution in [-0.4, -0.2) is 19.5 Å². The molecule has 0 atom stereocenters. The van der Waals surface area contributed by atoms with Crippen LogP contribution in [0, 0.1) is 6.92 Å². The van der Waals surface area contributed by atoms with Gasteiger partial charge in [0.25, 0.3) is 0 Å². The smallest absolute Gasteiger partial charge is 0.172 e. The summed E-state index contributed by atoms with van der Waals surface area (Å²) in [7, 11) is 0. The number of hydrogen-bond donors (Lipinski definition) is 0. The van der Waals surface area contributed by atoms with Crippen LogP contribution in [0.2, 0.25) is 0 Å². The average molecular weight is 178 g/mol. The van der Waals surface area contributed by atoms with Crippen molar-refractivity contribution in [1.29, 1.82) is 0 Å². The van der Waals surface area contributed by atoms with Gasteiger partial charge in [0.1, 0.15) is 13.2 Å². The highest BCUT2D eigenvalue weighted by atomic mass is 16.6. The van der Waals surface area contributed by atoms with Gasteiger partial charge in [-0.15, -0.1) is 0 Å². The molecule has 0 radical (unpaired) electrons. The molecule has 0 aliphatic carbocycles. The summed E-state index contributed by atoms with van der Waals surface area (Å²) in [6, 6.07) is 3.60. The summed E-state index contributed by atoms with van der Waals surface area (Å²) in [4.78, 5) is 10.7. The number of benzene rings is 1. The van der Waals surface area contributed by atoms with Crippen molar-refractivity contribution < 1.29 is 14.3 Å². The first-order valence-corrected chi connectivity index (χ1v) is 4.17. The molecule has 1 aliphatic heterocycles. The highest BCUT2D eigenvalue weighted by Gasteiger charge is 2.17. The van der Waals surface area contributed by atoms with Crippen LogP contribution in [0.25, 0.3) is 0 Å². The van der Waals surface area contributed by atoms with Gasteiger partial charge in [-0.1, -0.05) is 6.07 Å². The van der Waals surface area contributed by atoms with Gasteiger partial charge >= 0.3 is 0 Å². The maximum absolute atomic E-state index is 10.7. The molecular weight excluding hydrogens is 168 g/mol. The lowest BCUT2D eigenvalue weighted by atomic mass is 10.1. The van der Waals surface area contributed by atoms with Gasteiger partial charge in [0.05, 0.1) is 5.56 Å². The van der Waals surface area contributed by atoms with E-state index in [1.165, 1.54) is 0 Å². The third kappa shape index (κ3) is 1.26. The molecular formula is C10H10O3. The van der Waals surface area contributed by atoms with Gasteiger partial charge < -0.3 is 9.47 Å². The van der Waals surface area contributed by atoms with E-state index in [4.69, 9.17) is 9.47 Å². The molecule has 3 heteroatoms. The normalized spacial score (nSPS) is 13.9. The van der Waals surface area contributed by atoms with Crippen LogP contribution < -0.4 is 9.47 Å². The Balaban J connectivity index is 2.58.